The molecule has 0 saturated carbocycles. The summed E-state index contributed by atoms with van der Waals surface area (Å²) in [7, 11) is 0. The van der Waals surface area contributed by atoms with Crippen LogP contribution in [-0.4, -0.2) is 24.6 Å². The van der Waals surface area contributed by atoms with E-state index in [0.717, 1.165) is 4.88 Å². The van der Waals surface area contributed by atoms with Gasteiger partial charge in [-0.3, -0.25) is 4.79 Å². The van der Waals surface area contributed by atoms with Crippen molar-refractivity contribution in [2.75, 3.05) is 5.32 Å². The fourth-order valence-electron chi connectivity index (χ4n) is 1.81. The number of amides is 1. The van der Waals surface area contributed by atoms with Crippen molar-refractivity contribution in [1.82, 2.24) is 0 Å². The van der Waals surface area contributed by atoms with Crippen LogP contribution < -0.4 is 10.1 Å². The number of alkyl halides is 2. The molecule has 0 radical (unpaired) electrons. The van der Waals surface area contributed by atoms with Gasteiger partial charge in [0, 0.05) is 11.0 Å². The van der Waals surface area contributed by atoms with E-state index in [1.54, 1.807) is 12.1 Å². The molecule has 0 aliphatic heterocycles. The lowest BCUT2D eigenvalue weighted by atomic mass is 10.2. The van der Waals surface area contributed by atoms with Gasteiger partial charge in [-0.15, -0.1) is 11.3 Å². The molecule has 1 aromatic heterocycles. The van der Waals surface area contributed by atoms with Gasteiger partial charge in [0.25, 0.3) is 5.91 Å². The Balaban J connectivity index is 1.93. The van der Waals surface area contributed by atoms with E-state index in [-0.39, 0.29) is 11.4 Å². The smallest absolute Gasteiger partial charge is 0.387 e. The van der Waals surface area contributed by atoms with E-state index in [4.69, 9.17) is 4.74 Å². The topological polar surface area (TPSA) is 64.6 Å². The molecular weight excluding hydrogens is 352 g/mol. The number of para-hydroxylation sites is 2. The minimum absolute atomic E-state index is 0.0600. The van der Waals surface area contributed by atoms with Crippen molar-refractivity contribution in [1.29, 1.82) is 0 Å². The second kappa shape index (κ2) is 8.93. The van der Waals surface area contributed by atoms with E-state index >= 15 is 0 Å². The quantitative estimate of drug-likeness (QED) is 0.595. The van der Waals surface area contributed by atoms with Gasteiger partial charge in [0.15, 0.2) is 6.10 Å². The molecule has 8 heteroatoms. The average molecular weight is 367 g/mol. The molecule has 1 atom stereocenters. The molecule has 0 saturated heterocycles. The Morgan fingerprint density at radius 2 is 1.96 bits per heavy atom. The zero-order valence-corrected chi connectivity index (χ0v) is 14.0. The lowest BCUT2D eigenvalue weighted by Gasteiger charge is -2.15. The minimum Gasteiger partial charge on any atom is -0.449 e. The van der Waals surface area contributed by atoms with Crippen molar-refractivity contribution in [3.05, 3.63) is 52.7 Å². The van der Waals surface area contributed by atoms with Crippen LogP contribution in [-0.2, 0) is 14.3 Å². The molecule has 0 aliphatic carbocycles. The van der Waals surface area contributed by atoms with Gasteiger partial charge < -0.3 is 14.8 Å². The number of benzene rings is 1. The van der Waals surface area contributed by atoms with Crippen LogP contribution in [0.1, 0.15) is 11.8 Å². The summed E-state index contributed by atoms with van der Waals surface area (Å²) in [6.45, 7) is -1.64. The lowest BCUT2D eigenvalue weighted by molar-refractivity contribution is -0.148. The molecule has 1 N–H and O–H groups in total. The summed E-state index contributed by atoms with van der Waals surface area (Å²) in [4.78, 5) is 24.6. The molecule has 25 heavy (non-hydrogen) atoms. The molecule has 0 bridgehead atoms. The third kappa shape index (κ3) is 6.00. The maximum atomic E-state index is 12.4. The van der Waals surface area contributed by atoms with Crippen LogP contribution in [0.5, 0.6) is 5.75 Å². The highest BCUT2D eigenvalue weighted by Crippen LogP contribution is 2.25. The molecule has 2 aromatic rings. The number of ether oxygens (including phenoxy) is 2. The van der Waals surface area contributed by atoms with Gasteiger partial charge in [-0.2, -0.15) is 8.78 Å². The second-order valence-electron chi connectivity index (χ2n) is 4.79. The third-order valence-electron chi connectivity index (χ3n) is 2.95. The Bertz CT molecular complexity index is 747. The first kappa shape index (κ1) is 18.6. The fraction of sp³-hybridized carbons (Fsp3) is 0.176. The lowest BCUT2D eigenvalue weighted by Crippen LogP contribution is -2.29. The second-order valence-corrected chi connectivity index (χ2v) is 5.77. The normalized spacial score (nSPS) is 12.2. The Labute approximate surface area is 146 Å². The first-order chi connectivity index (χ1) is 12.0. The summed E-state index contributed by atoms with van der Waals surface area (Å²) in [6.07, 6.45) is 1.67. The summed E-state index contributed by atoms with van der Waals surface area (Å²) >= 11 is 1.45. The Hall–Kier alpha value is -2.74. The van der Waals surface area contributed by atoms with Crippen LogP contribution in [0.4, 0.5) is 14.5 Å². The molecule has 0 fully saturated rings. The molecule has 1 aromatic carbocycles. The fourth-order valence-corrected chi connectivity index (χ4v) is 2.42. The van der Waals surface area contributed by atoms with Crippen molar-refractivity contribution in [2.24, 2.45) is 0 Å². The van der Waals surface area contributed by atoms with Crippen molar-refractivity contribution < 1.29 is 27.8 Å². The van der Waals surface area contributed by atoms with E-state index in [0.29, 0.717) is 0 Å². The zero-order chi connectivity index (χ0) is 18.2. The van der Waals surface area contributed by atoms with Gasteiger partial charge in [0.1, 0.15) is 5.75 Å². The minimum atomic E-state index is -3.02. The average Bonchev–Trinajstić information content (AvgIpc) is 3.07. The first-order valence-electron chi connectivity index (χ1n) is 7.22. The predicted octanol–water partition coefficient (Wildman–Crippen LogP) is 3.93. The number of thiophene rings is 1. The van der Waals surface area contributed by atoms with E-state index in [9.17, 15) is 18.4 Å². The van der Waals surface area contributed by atoms with Crippen LogP contribution in [0, 0.1) is 0 Å². The van der Waals surface area contributed by atoms with Crippen LogP contribution in [0.15, 0.2) is 47.9 Å². The molecule has 5 nitrogen and oxygen atoms in total. The molecule has 1 amide bonds. The number of hydrogen-bond acceptors (Lipinski definition) is 5. The highest BCUT2D eigenvalue weighted by Gasteiger charge is 2.19. The standard InChI is InChI=1S/C17H15F2NO4S/c1-11(23-15(21)9-8-12-5-4-10-25-12)16(22)20-13-6-2-3-7-14(13)24-17(18)19/h2-11,17H,1H3,(H,20,22)/b9-8+/t11-/m1/s1. The largest absolute Gasteiger partial charge is 0.449 e. The monoisotopic (exact) mass is 367 g/mol. The summed E-state index contributed by atoms with van der Waals surface area (Å²) < 4.78 is 34.0. The summed E-state index contributed by atoms with van der Waals surface area (Å²) in [5.41, 5.74) is 0.0600. The van der Waals surface area contributed by atoms with Crippen molar-refractivity contribution in [3.8, 4) is 5.75 Å². The number of rotatable bonds is 7. The van der Waals surface area contributed by atoms with Gasteiger partial charge >= 0.3 is 12.6 Å². The molecule has 1 heterocycles. The highest BCUT2D eigenvalue weighted by atomic mass is 32.1. The van der Waals surface area contributed by atoms with Gasteiger partial charge in [0.2, 0.25) is 0 Å². The number of nitrogens with one attached hydrogen (secondary N) is 1. The van der Waals surface area contributed by atoms with E-state index < -0.39 is 24.6 Å². The number of carbonyl (C=O) groups excluding carboxylic acids is 2. The number of hydrogen-bond donors (Lipinski definition) is 1. The molecule has 132 valence electrons. The van der Waals surface area contributed by atoms with E-state index in [1.165, 1.54) is 42.5 Å². The van der Waals surface area contributed by atoms with Crippen LogP contribution in [0.25, 0.3) is 6.08 Å². The van der Waals surface area contributed by atoms with E-state index in [1.807, 2.05) is 17.5 Å². The molecule has 0 unspecified atom stereocenters. The maximum Gasteiger partial charge on any atom is 0.387 e. The maximum absolute atomic E-state index is 12.4. The van der Waals surface area contributed by atoms with Gasteiger partial charge in [-0.05, 0) is 36.6 Å². The highest BCUT2D eigenvalue weighted by molar-refractivity contribution is 7.10. The number of anilines is 1. The van der Waals surface area contributed by atoms with E-state index in [2.05, 4.69) is 10.1 Å². The summed E-state index contributed by atoms with van der Waals surface area (Å²) in [6, 6.07) is 9.40. The van der Waals surface area contributed by atoms with Crippen LogP contribution >= 0.6 is 11.3 Å². The summed E-state index contributed by atoms with van der Waals surface area (Å²) in [5, 5.41) is 4.26. The first-order valence-corrected chi connectivity index (χ1v) is 8.10. The number of carbonyl (C=O) groups is 2. The van der Waals surface area contributed by atoms with Gasteiger partial charge in [-0.1, -0.05) is 18.2 Å². The predicted molar refractivity (Wildman–Crippen MR) is 90.6 cm³/mol. The van der Waals surface area contributed by atoms with Crippen LogP contribution in [0.2, 0.25) is 0 Å². The number of halogens is 2. The van der Waals surface area contributed by atoms with Crippen molar-refractivity contribution in [2.45, 2.75) is 19.6 Å². The SMILES string of the molecule is C[C@@H](OC(=O)/C=C/c1cccs1)C(=O)Nc1ccccc1OC(F)F. The van der Waals surface area contributed by atoms with Crippen molar-refractivity contribution >= 4 is 35.0 Å². The van der Waals surface area contributed by atoms with Crippen LogP contribution in [0.3, 0.4) is 0 Å². The number of esters is 1. The summed E-state index contributed by atoms with van der Waals surface area (Å²) in [5.74, 6) is -1.53. The van der Waals surface area contributed by atoms with Gasteiger partial charge in [0.05, 0.1) is 5.69 Å². The van der Waals surface area contributed by atoms with Crippen molar-refractivity contribution in [3.63, 3.8) is 0 Å². The Morgan fingerprint density at radius 3 is 2.64 bits per heavy atom. The van der Waals surface area contributed by atoms with Gasteiger partial charge in [-0.25, -0.2) is 4.79 Å². The Morgan fingerprint density at radius 1 is 1.20 bits per heavy atom. The third-order valence-corrected chi connectivity index (χ3v) is 3.79. The molecule has 0 aliphatic rings. The molecular formula is C17H15F2NO4S. The Kier molecular flexibility index (Phi) is 6.64. The zero-order valence-electron chi connectivity index (χ0n) is 13.1. The molecule has 0 spiro atoms. The molecule has 2 rings (SSSR count).